The summed E-state index contributed by atoms with van der Waals surface area (Å²) in [6.07, 6.45) is 3.16. The van der Waals surface area contributed by atoms with Crippen LogP contribution in [0.4, 0.5) is 4.79 Å². The lowest BCUT2D eigenvalue weighted by Gasteiger charge is -2.22. The monoisotopic (exact) mass is 497 g/mol. The summed E-state index contributed by atoms with van der Waals surface area (Å²) in [5.74, 6) is -0.887. The molecule has 9 heteroatoms. The van der Waals surface area contributed by atoms with Gasteiger partial charge >= 0.3 is 12.0 Å². The van der Waals surface area contributed by atoms with E-state index in [1.54, 1.807) is 24.3 Å². The van der Waals surface area contributed by atoms with Gasteiger partial charge in [0, 0.05) is 12.0 Å². The van der Waals surface area contributed by atoms with E-state index in [2.05, 4.69) is 20.7 Å². The standard InChI is InChI=1S/C28H27N5O4/c34-26(23-14-8-3-9-15-23)31-24(16-21-10-4-1-5-11-21)18-37-27(35)25(17-22-12-6-2-7-13-22)32-28(36)33-20-29-19-30-33/h1-15,19-20,24-25H,16-18H2,(H,31,34)(H,32,36)/t24-,25+/m1/s1. The first-order valence-electron chi connectivity index (χ1n) is 11.8. The molecular weight excluding hydrogens is 470 g/mol. The van der Waals surface area contributed by atoms with E-state index >= 15 is 0 Å². The van der Waals surface area contributed by atoms with Gasteiger partial charge in [-0.3, -0.25) is 4.79 Å². The Labute approximate surface area is 214 Å². The number of nitrogens with one attached hydrogen (secondary N) is 2. The molecule has 1 aromatic heterocycles. The minimum atomic E-state index is -0.971. The number of nitrogens with zero attached hydrogens (tertiary/aromatic N) is 3. The fourth-order valence-corrected chi connectivity index (χ4v) is 3.76. The Morgan fingerprint density at radius 3 is 1.97 bits per heavy atom. The Balaban J connectivity index is 1.46. The molecule has 0 unspecified atom stereocenters. The normalized spacial score (nSPS) is 12.2. The lowest BCUT2D eigenvalue weighted by Crippen LogP contribution is -2.47. The molecule has 3 aromatic carbocycles. The zero-order chi connectivity index (χ0) is 25.9. The summed E-state index contributed by atoms with van der Waals surface area (Å²) >= 11 is 0. The first-order chi connectivity index (χ1) is 18.1. The van der Waals surface area contributed by atoms with Crippen LogP contribution < -0.4 is 10.6 Å². The van der Waals surface area contributed by atoms with E-state index in [1.165, 1.54) is 12.7 Å². The molecular formula is C28H27N5O4. The Bertz CT molecular complexity index is 1280. The number of rotatable bonds is 10. The van der Waals surface area contributed by atoms with Crippen molar-refractivity contribution in [3.8, 4) is 0 Å². The first kappa shape index (κ1) is 25.3. The van der Waals surface area contributed by atoms with Crippen molar-refractivity contribution in [1.29, 1.82) is 0 Å². The Morgan fingerprint density at radius 1 is 0.784 bits per heavy atom. The molecule has 9 nitrogen and oxygen atoms in total. The molecule has 2 atom stereocenters. The van der Waals surface area contributed by atoms with Crippen LogP contribution in [0.25, 0.3) is 0 Å². The number of esters is 1. The van der Waals surface area contributed by atoms with Crippen molar-refractivity contribution in [3.05, 3.63) is 120 Å². The third-order valence-corrected chi connectivity index (χ3v) is 5.61. The third-order valence-electron chi connectivity index (χ3n) is 5.61. The van der Waals surface area contributed by atoms with Crippen molar-refractivity contribution < 1.29 is 19.1 Å². The van der Waals surface area contributed by atoms with Gasteiger partial charge in [0.2, 0.25) is 0 Å². The Hall–Kier alpha value is -4.79. The van der Waals surface area contributed by atoms with E-state index in [0.29, 0.717) is 12.0 Å². The molecule has 4 rings (SSSR count). The molecule has 1 heterocycles. The SMILES string of the molecule is O=C(N[C@@H](COC(=O)[C@H](Cc1ccccc1)NC(=O)n1cncn1)Cc1ccccc1)c1ccccc1. The van der Waals surface area contributed by atoms with Gasteiger partial charge in [0.25, 0.3) is 5.91 Å². The van der Waals surface area contributed by atoms with Gasteiger partial charge in [0.1, 0.15) is 25.3 Å². The van der Waals surface area contributed by atoms with Crippen LogP contribution in [0.3, 0.4) is 0 Å². The topological polar surface area (TPSA) is 115 Å². The van der Waals surface area contributed by atoms with Gasteiger partial charge in [0.15, 0.2) is 0 Å². The van der Waals surface area contributed by atoms with Crippen molar-refractivity contribution in [2.24, 2.45) is 0 Å². The second-order valence-corrected chi connectivity index (χ2v) is 8.39. The quantitative estimate of drug-likeness (QED) is 0.326. The summed E-state index contributed by atoms with van der Waals surface area (Å²) in [6, 6.07) is 25.7. The number of carbonyl (C=O) groups is 3. The highest BCUT2D eigenvalue weighted by Crippen LogP contribution is 2.09. The van der Waals surface area contributed by atoms with Crippen molar-refractivity contribution >= 4 is 17.9 Å². The molecule has 0 spiro atoms. The molecule has 2 amide bonds. The highest BCUT2D eigenvalue weighted by Gasteiger charge is 2.25. The van der Waals surface area contributed by atoms with Gasteiger partial charge in [-0.25, -0.2) is 14.6 Å². The molecule has 0 aliphatic heterocycles. The number of benzene rings is 3. The van der Waals surface area contributed by atoms with E-state index in [-0.39, 0.29) is 18.9 Å². The summed E-state index contributed by atoms with van der Waals surface area (Å²) in [5.41, 5.74) is 2.34. The fraction of sp³-hybridized carbons (Fsp3) is 0.179. The minimum Gasteiger partial charge on any atom is -0.462 e. The average molecular weight is 498 g/mol. The molecule has 4 aromatic rings. The molecule has 0 aliphatic rings. The zero-order valence-corrected chi connectivity index (χ0v) is 20.1. The molecule has 0 saturated heterocycles. The number of aromatic nitrogens is 3. The van der Waals surface area contributed by atoms with E-state index in [0.717, 1.165) is 15.8 Å². The van der Waals surface area contributed by atoms with Gasteiger partial charge in [-0.2, -0.15) is 9.78 Å². The van der Waals surface area contributed by atoms with Gasteiger partial charge in [0.05, 0.1) is 6.04 Å². The Morgan fingerprint density at radius 2 is 1.38 bits per heavy atom. The van der Waals surface area contributed by atoms with Crippen LogP contribution in [-0.4, -0.2) is 51.4 Å². The number of ether oxygens (including phenoxy) is 1. The number of carbonyl (C=O) groups excluding carboxylic acids is 3. The largest absolute Gasteiger partial charge is 0.462 e. The maximum absolute atomic E-state index is 13.2. The minimum absolute atomic E-state index is 0.0726. The summed E-state index contributed by atoms with van der Waals surface area (Å²) < 4.78 is 6.66. The van der Waals surface area contributed by atoms with E-state index < -0.39 is 24.1 Å². The van der Waals surface area contributed by atoms with Crippen LogP contribution in [-0.2, 0) is 22.4 Å². The van der Waals surface area contributed by atoms with Gasteiger partial charge in [-0.15, -0.1) is 0 Å². The average Bonchev–Trinajstić information content (AvgIpc) is 3.48. The summed E-state index contributed by atoms with van der Waals surface area (Å²) in [7, 11) is 0. The molecule has 188 valence electrons. The van der Waals surface area contributed by atoms with Gasteiger partial charge in [-0.1, -0.05) is 78.9 Å². The lowest BCUT2D eigenvalue weighted by atomic mass is 10.1. The number of hydrogen-bond acceptors (Lipinski definition) is 6. The Kier molecular flexibility index (Phi) is 8.74. The van der Waals surface area contributed by atoms with Crippen molar-refractivity contribution in [2.45, 2.75) is 24.9 Å². The van der Waals surface area contributed by atoms with E-state index in [1.807, 2.05) is 66.7 Å². The van der Waals surface area contributed by atoms with Crippen LogP contribution in [0.5, 0.6) is 0 Å². The van der Waals surface area contributed by atoms with Crippen molar-refractivity contribution in [2.75, 3.05) is 6.61 Å². The van der Waals surface area contributed by atoms with Crippen LogP contribution in [0.2, 0.25) is 0 Å². The molecule has 0 fully saturated rings. The van der Waals surface area contributed by atoms with Crippen LogP contribution in [0.1, 0.15) is 21.5 Å². The van der Waals surface area contributed by atoms with Crippen LogP contribution >= 0.6 is 0 Å². The highest BCUT2D eigenvalue weighted by molar-refractivity contribution is 5.94. The van der Waals surface area contributed by atoms with Crippen LogP contribution in [0, 0.1) is 0 Å². The molecule has 37 heavy (non-hydrogen) atoms. The maximum Gasteiger partial charge on any atom is 0.344 e. The fourth-order valence-electron chi connectivity index (χ4n) is 3.76. The summed E-state index contributed by atoms with van der Waals surface area (Å²) in [4.78, 5) is 42.3. The van der Waals surface area contributed by atoms with Gasteiger partial charge in [-0.05, 0) is 29.7 Å². The molecule has 0 radical (unpaired) electrons. The summed E-state index contributed by atoms with van der Waals surface area (Å²) in [5, 5.41) is 9.44. The van der Waals surface area contributed by atoms with Gasteiger partial charge < -0.3 is 15.4 Å². The number of amides is 2. The maximum atomic E-state index is 13.2. The van der Waals surface area contributed by atoms with Crippen molar-refractivity contribution in [3.63, 3.8) is 0 Å². The second kappa shape index (κ2) is 12.8. The molecule has 0 aliphatic carbocycles. The predicted octanol–water partition coefficient (Wildman–Crippen LogP) is 3.03. The zero-order valence-electron chi connectivity index (χ0n) is 20.1. The van der Waals surface area contributed by atoms with E-state index in [4.69, 9.17) is 4.74 Å². The third kappa shape index (κ3) is 7.60. The van der Waals surface area contributed by atoms with Crippen molar-refractivity contribution in [1.82, 2.24) is 25.4 Å². The van der Waals surface area contributed by atoms with Crippen LogP contribution in [0.15, 0.2) is 104 Å². The first-order valence-corrected chi connectivity index (χ1v) is 11.8. The second-order valence-electron chi connectivity index (χ2n) is 8.39. The summed E-state index contributed by atoms with van der Waals surface area (Å²) in [6.45, 7) is -0.0726. The predicted molar refractivity (Wildman–Crippen MR) is 137 cm³/mol. The highest BCUT2D eigenvalue weighted by atomic mass is 16.5. The number of hydrogen-bond donors (Lipinski definition) is 2. The van der Waals surface area contributed by atoms with E-state index in [9.17, 15) is 14.4 Å². The molecule has 2 N–H and O–H groups in total. The molecule has 0 bridgehead atoms. The molecule has 0 saturated carbocycles. The smallest absolute Gasteiger partial charge is 0.344 e. The lowest BCUT2D eigenvalue weighted by molar-refractivity contribution is -0.146.